The molecule has 1 aliphatic carbocycles. The zero-order valence-electron chi connectivity index (χ0n) is 12.3. The van der Waals surface area contributed by atoms with Crippen LogP contribution in [-0.4, -0.2) is 38.4 Å². The van der Waals surface area contributed by atoms with E-state index in [-0.39, 0.29) is 16.9 Å². The van der Waals surface area contributed by atoms with Crippen molar-refractivity contribution >= 4 is 5.97 Å². The highest BCUT2D eigenvalue weighted by atomic mass is 16.5. The van der Waals surface area contributed by atoms with Gasteiger partial charge in [0.2, 0.25) is 0 Å². The van der Waals surface area contributed by atoms with Crippen LogP contribution in [0.2, 0.25) is 0 Å². The number of esters is 1. The molecule has 1 atom stereocenters. The zero-order valence-corrected chi connectivity index (χ0v) is 12.3. The molecular formula is C15H27NO3. The van der Waals surface area contributed by atoms with Crippen LogP contribution in [0, 0.1) is 5.41 Å². The van der Waals surface area contributed by atoms with Gasteiger partial charge in [0, 0.05) is 18.8 Å². The molecule has 0 amide bonds. The molecule has 1 saturated carbocycles. The van der Waals surface area contributed by atoms with Crippen molar-refractivity contribution in [1.82, 2.24) is 5.32 Å². The third-order valence-corrected chi connectivity index (χ3v) is 5.11. The molecule has 1 saturated heterocycles. The number of hydrogen-bond donors (Lipinski definition) is 1. The molecule has 4 heteroatoms. The van der Waals surface area contributed by atoms with Crippen LogP contribution in [0.5, 0.6) is 0 Å². The second-order valence-corrected chi connectivity index (χ2v) is 6.01. The first-order valence-corrected chi connectivity index (χ1v) is 7.58. The van der Waals surface area contributed by atoms with Crippen molar-refractivity contribution in [2.24, 2.45) is 5.41 Å². The molecule has 1 unspecified atom stereocenters. The summed E-state index contributed by atoms with van der Waals surface area (Å²) in [7, 11) is 1.49. The summed E-state index contributed by atoms with van der Waals surface area (Å²) in [4.78, 5) is 11.9. The van der Waals surface area contributed by atoms with E-state index in [0.717, 1.165) is 45.4 Å². The zero-order chi connectivity index (χ0) is 13.8. The number of rotatable bonds is 5. The van der Waals surface area contributed by atoms with Crippen molar-refractivity contribution in [1.29, 1.82) is 0 Å². The van der Waals surface area contributed by atoms with E-state index in [0.29, 0.717) is 6.42 Å². The van der Waals surface area contributed by atoms with E-state index in [9.17, 15) is 4.79 Å². The molecule has 4 nitrogen and oxygen atoms in total. The van der Waals surface area contributed by atoms with Gasteiger partial charge in [0.1, 0.15) is 0 Å². The van der Waals surface area contributed by atoms with E-state index in [1.165, 1.54) is 20.0 Å². The largest absolute Gasteiger partial charge is 0.469 e. The average molecular weight is 269 g/mol. The SMILES string of the molecule is CCCNC1(CC(=O)OC)CCCC12CCOCC2. The summed E-state index contributed by atoms with van der Waals surface area (Å²) in [6.45, 7) is 4.80. The van der Waals surface area contributed by atoms with Crippen LogP contribution < -0.4 is 5.32 Å². The Morgan fingerprint density at radius 2 is 2.00 bits per heavy atom. The molecule has 2 rings (SSSR count). The maximum Gasteiger partial charge on any atom is 0.307 e. The summed E-state index contributed by atoms with van der Waals surface area (Å²) in [5.74, 6) is -0.0867. The van der Waals surface area contributed by atoms with E-state index in [2.05, 4.69) is 12.2 Å². The second kappa shape index (κ2) is 6.23. The summed E-state index contributed by atoms with van der Waals surface area (Å²) in [5, 5.41) is 3.71. The lowest BCUT2D eigenvalue weighted by Gasteiger charge is -2.48. The molecule has 1 aliphatic heterocycles. The van der Waals surface area contributed by atoms with Crippen LogP contribution >= 0.6 is 0 Å². The molecule has 0 bridgehead atoms. The van der Waals surface area contributed by atoms with Crippen LogP contribution in [0.4, 0.5) is 0 Å². The van der Waals surface area contributed by atoms with E-state index in [4.69, 9.17) is 9.47 Å². The average Bonchev–Trinajstić information content (AvgIpc) is 2.76. The Morgan fingerprint density at radius 3 is 2.63 bits per heavy atom. The smallest absolute Gasteiger partial charge is 0.307 e. The summed E-state index contributed by atoms with van der Waals surface area (Å²) in [6.07, 6.45) is 7.24. The molecule has 1 spiro atoms. The Morgan fingerprint density at radius 1 is 1.26 bits per heavy atom. The normalized spacial score (nSPS) is 29.6. The number of carbonyl (C=O) groups is 1. The molecule has 2 aliphatic rings. The maximum absolute atomic E-state index is 11.9. The third-order valence-electron chi connectivity index (χ3n) is 5.11. The molecule has 1 heterocycles. The fraction of sp³-hybridized carbons (Fsp3) is 0.933. The molecule has 0 aromatic carbocycles. The number of ether oxygens (including phenoxy) is 2. The molecule has 0 aromatic heterocycles. The minimum absolute atomic E-state index is 0.0696. The van der Waals surface area contributed by atoms with Gasteiger partial charge in [-0.15, -0.1) is 0 Å². The van der Waals surface area contributed by atoms with Crippen molar-refractivity contribution in [2.75, 3.05) is 26.9 Å². The molecule has 1 N–H and O–H groups in total. The first-order chi connectivity index (χ1) is 9.18. The summed E-state index contributed by atoms with van der Waals surface area (Å²) >= 11 is 0. The van der Waals surface area contributed by atoms with Crippen LogP contribution in [0.25, 0.3) is 0 Å². The summed E-state index contributed by atoms with van der Waals surface area (Å²) in [6, 6.07) is 0. The van der Waals surface area contributed by atoms with E-state index in [1.54, 1.807) is 0 Å². The predicted molar refractivity (Wildman–Crippen MR) is 74.0 cm³/mol. The lowest BCUT2D eigenvalue weighted by molar-refractivity contribution is -0.145. The van der Waals surface area contributed by atoms with E-state index in [1.807, 2.05) is 0 Å². The highest BCUT2D eigenvalue weighted by molar-refractivity contribution is 5.71. The van der Waals surface area contributed by atoms with Crippen LogP contribution in [0.1, 0.15) is 51.9 Å². The summed E-state index contributed by atoms with van der Waals surface area (Å²) < 4.78 is 10.5. The lowest BCUT2D eigenvalue weighted by atomic mass is 9.65. The third kappa shape index (κ3) is 2.79. The number of hydrogen-bond acceptors (Lipinski definition) is 4. The Labute approximate surface area is 116 Å². The van der Waals surface area contributed by atoms with Gasteiger partial charge in [-0.25, -0.2) is 0 Å². The molecular weight excluding hydrogens is 242 g/mol. The number of carbonyl (C=O) groups excluding carboxylic acids is 1. The van der Waals surface area contributed by atoms with Gasteiger partial charge < -0.3 is 14.8 Å². The maximum atomic E-state index is 11.9. The van der Waals surface area contributed by atoms with Gasteiger partial charge in [0.15, 0.2) is 0 Å². The van der Waals surface area contributed by atoms with Crippen molar-refractivity contribution in [3.63, 3.8) is 0 Å². The highest BCUT2D eigenvalue weighted by Gasteiger charge is 2.55. The van der Waals surface area contributed by atoms with Crippen LogP contribution in [0.15, 0.2) is 0 Å². The fourth-order valence-electron chi connectivity index (χ4n) is 4.02. The van der Waals surface area contributed by atoms with Gasteiger partial charge in [-0.05, 0) is 44.1 Å². The highest BCUT2D eigenvalue weighted by Crippen LogP contribution is 2.54. The monoisotopic (exact) mass is 269 g/mol. The van der Waals surface area contributed by atoms with Gasteiger partial charge in [0.05, 0.1) is 13.5 Å². The van der Waals surface area contributed by atoms with Gasteiger partial charge >= 0.3 is 5.97 Å². The standard InChI is InChI=1S/C15H27NO3/c1-3-9-16-15(12-13(17)18-2)6-4-5-14(15)7-10-19-11-8-14/h16H,3-12H2,1-2H3. The minimum atomic E-state index is -0.0867. The van der Waals surface area contributed by atoms with Crippen LogP contribution in [-0.2, 0) is 14.3 Å². The molecule has 110 valence electrons. The van der Waals surface area contributed by atoms with Crippen molar-refractivity contribution < 1.29 is 14.3 Å². The van der Waals surface area contributed by atoms with Gasteiger partial charge in [0.25, 0.3) is 0 Å². The van der Waals surface area contributed by atoms with Crippen molar-refractivity contribution in [3.05, 3.63) is 0 Å². The van der Waals surface area contributed by atoms with Crippen molar-refractivity contribution in [2.45, 2.75) is 57.4 Å². The lowest BCUT2D eigenvalue weighted by Crippen LogP contribution is -2.58. The van der Waals surface area contributed by atoms with E-state index >= 15 is 0 Å². The summed E-state index contributed by atoms with van der Waals surface area (Å²) in [5.41, 5.74) is 0.161. The van der Waals surface area contributed by atoms with Gasteiger partial charge in [-0.3, -0.25) is 4.79 Å². The topological polar surface area (TPSA) is 47.6 Å². The Balaban J connectivity index is 2.20. The quantitative estimate of drug-likeness (QED) is 0.778. The molecule has 0 radical (unpaired) electrons. The Kier molecular flexibility index (Phi) is 4.85. The number of methoxy groups -OCH3 is 1. The van der Waals surface area contributed by atoms with Gasteiger partial charge in [-0.2, -0.15) is 0 Å². The molecule has 0 aromatic rings. The molecule has 19 heavy (non-hydrogen) atoms. The Bertz CT molecular complexity index is 313. The number of nitrogens with one attached hydrogen (secondary N) is 1. The van der Waals surface area contributed by atoms with Gasteiger partial charge in [-0.1, -0.05) is 13.3 Å². The first-order valence-electron chi connectivity index (χ1n) is 7.58. The van der Waals surface area contributed by atoms with E-state index < -0.39 is 0 Å². The first kappa shape index (κ1) is 14.8. The van der Waals surface area contributed by atoms with Crippen molar-refractivity contribution in [3.8, 4) is 0 Å². The predicted octanol–water partition coefficient (Wildman–Crippen LogP) is 2.27. The Hall–Kier alpha value is -0.610. The van der Waals surface area contributed by atoms with Crippen LogP contribution in [0.3, 0.4) is 0 Å². The minimum Gasteiger partial charge on any atom is -0.469 e. The second-order valence-electron chi connectivity index (χ2n) is 6.01. The molecule has 2 fully saturated rings. The fourth-order valence-corrected chi connectivity index (χ4v) is 4.02.